The van der Waals surface area contributed by atoms with Gasteiger partial charge in [-0.15, -0.1) is 0 Å². The van der Waals surface area contributed by atoms with Gasteiger partial charge in [-0.05, 0) is 18.4 Å². The zero-order valence-electron chi connectivity index (χ0n) is 14.1. The Bertz CT molecular complexity index is 416. The molecule has 0 unspecified atom stereocenters. The fraction of sp³-hybridized carbons (Fsp3) is 0.600. The predicted octanol–water partition coefficient (Wildman–Crippen LogP) is -2.35. The van der Waals surface area contributed by atoms with Crippen molar-refractivity contribution in [3.05, 3.63) is 35.9 Å². The summed E-state index contributed by atoms with van der Waals surface area (Å²) in [5.41, 5.74) is 1.49. The first-order valence-electron chi connectivity index (χ1n) is 7.14. The van der Waals surface area contributed by atoms with Gasteiger partial charge in [0.1, 0.15) is 0 Å². The molecule has 0 amide bonds. The van der Waals surface area contributed by atoms with E-state index in [1.165, 1.54) is 56.9 Å². The first-order valence-corrected chi connectivity index (χ1v) is 8.47. The van der Waals surface area contributed by atoms with E-state index in [1.807, 2.05) is 0 Å². The Morgan fingerprint density at radius 3 is 1.68 bits per heavy atom. The smallest absolute Gasteiger partial charge is 0.759 e. The minimum Gasteiger partial charge on any atom is -0.759 e. The van der Waals surface area contributed by atoms with Gasteiger partial charge in [-0.1, -0.05) is 75.8 Å². The second-order valence-electron chi connectivity index (χ2n) is 4.77. The molecule has 0 heterocycles. The maximum Gasteiger partial charge on any atom is 1.00 e. The van der Waals surface area contributed by atoms with E-state index in [0.29, 0.717) is 0 Å². The van der Waals surface area contributed by atoms with E-state index in [0.717, 1.165) is 0 Å². The molecule has 0 aliphatic carbocycles. The summed E-state index contributed by atoms with van der Waals surface area (Å²) in [6.07, 6.45) is 11.1. The maximum absolute atomic E-state index is 8.52. The first kappa shape index (κ1) is 27.9. The van der Waals surface area contributed by atoms with Gasteiger partial charge in [0.05, 0.1) is 0 Å². The number of hydrogen-bond donors (Lipinski definition) is 0. The zero-order valence-corrected chi connectivity index (χ0v) is 18.9. The molecule has 116 valence electrons. The molecule has 0 fully saturated rings. The summed E-state index contributed by atoms with van der Waals surface area (Å²) in [5, 5.41) is 0. The third-order valence-corrected chi connectivity index (χ3v) is 2.91. The van der Waals surface area contributed by atoms with Gasteiger partial charge in [-0.2, -0.15) is 0 Å². The minimum atomic E-state index is -5.17. The third kappa shape index (κ3) is 26.0. The van der Waals surface area contributed by atoms with Crippen LogP contribution >= 0.6 is 0 Å². The van der Waals surface area contributed by atoms with Crippen LogP contribution in [-0.2, 0) is 16.8 Å². The van der Waals surface area contributed by atoms with Crippen LogP contribution in [0.1, 0.15) is 57.4 Å². The van der Waals surface area contributed by atoms with Crippen molar-refractivity contribution in [2.24, 2.45) is 0 Å². The predicted molar refractivity (Wildman–Crippen MR) is 78.6 cm³/mol. The van der Waals surface area contributed by atoms with Gasteiger partial charge >= 0.3 is 59.1 Å². The van der Waals surface area contributed by atoms with E-state index in [1.54, 1.807) is 0 Å². The fourth-order valence-electron chi connectivity index (χ4n) is 1.93. The molecule has 0 aliphatic rings. The molecule has 1 aromatic rings. The van der Waals surface area contributed by atoms with Crippen molar-refractivity contribution >= 4 is 10.4 Å². The molecular weight excluding hydrogens is 322 g/mol. The molecule has 22 heavy (non-hydrogen) atoms. The molecule has 0 saturated heterocycles. The minimum absolute atomic E-state index is 0. The van der Waals surface area contributed by atoms with Gasteiger partial charge in [0.25, 0.3) is 0 Å². The maximum atomic E-state index is 8.52. The molecule has 1 aromatic carbocycles. The van der Waals surface area contributed by atoms with E-state index < -0.39 is 10.4 Å². The quantitative estimate of drug-likeness (QED) is 0.228. The number of unbranched alkanes of at least 4 members (excludes halogenated alkanes) is 6. The van der Waals surface area contributed by atoms with Crippen molar-refractivity contribution in [1.82, 2.24) is 0 Å². The molecule has 0 atom stereocenters. The molecule has 4 nitrogen and oxygen atoms in total. The Labute approximate surface area is 179 Å². The average molecular weight is 346 g/mol. The van der Waals surface area contributed by atoms with E-state index in [9.17, 15) is 0 Å². The second kappa shape index (κ2) is 18.4. The average Bonchev–Trinajstić information content (AvgIpc) is 2.37. The second-order valence-corrected chi connectivity index (χ2v) is 5.58. The van der Waals surface area contributed by atoms with E-state index >= 15 is 0 Å². The molecule has 0 aliphatic heterocycles. The first-order chi connectivity index (χ1) is 9.43. The van der Waals surface area contributed by atoms with E-state index in [2.05, 4.69) is 37.3 Å². The van der Waals surface area contributed by atoms with Crippen LogP contribution in [0.15, 0.2) is 30.3 Å². The fourth-order valence-corrected chi connectivity index (χ4v) is 1.93. The molecule has 1 rings (SSSR count). The monoisotopic (exact) mass is 346 g/mol. The summed E-state index contributed by atoms with van der Waals surface area (Å²) in [5.74, 6) is 0. The van der Waals surface area contributed by atoms with Crippen LogP contribution in [0.25, 0.3) is 0 Å². The third-order valence-electron chi connectivity index (χ3n) is 2.91. The number of rotatable bonds is 8. The van der Waals surface area contributed by atoms with Gasteiger partial charge in [-0.25, -0.2) is 0 Å². The van der Waals surface area contributed by atoms with Gasteiger partial charge in [0.15, 0.2) is 0 Å². The van der Waals surface area contributed by atoms with Gasteiger partial charge in [0, 0.05) is 10.4 Å². The Balaban J connectivity index is -0.000000452. The Morgan fingerprint density at radius 1 is 0.818 bits per heavy atom. The number of aryl methyl sites for hydroxylation is 1. The van der Waals surface area contributed by atoms with Gasteiger partial charge in [-0.3, -0.25) is 8.42 Å². The number of benzene rings is 1. The van der Waals surface area contributed by atoms with E-state index in [-0.39, 0.29) is 59.1 Å². The number of hydrogen-bond acceptors (Lipinski definition) is 4. The summed E-state index contributed by atoms with van der Waals surface area (Å²) in [4.78, 5) is 0. The van der Waals surface area contributed by atoms with Crippen LogP contribution in [0.2, 0.25) is 0 Å². The standard InChI is InChI=1S/C15H24.2Na.H2O4S/c1-2-3-4-5-6-7-9-12-15-13-10-8-11-14-15;;;1-5(2,3)4/h8,10-11,13-14H,2-7,9,12H2,1H3;;;(H2,1,2,3,4)/q;2*+1;/p-2. The van der Waals surface area contributed by atoms with Crippen molar-refractivity contribution in [1.29, 1.82) is 0 Å². The van der Waals surface area contributed by atoms with Crippen molar-refractivity contribution in [3.63, 3.8) is 0 Å². The largest absolute Gasteiger partial charge is 1.00 e. The Hall–Kier alpha value is 1.09. The van der Waals surface area contributed by atoms with Crippen LogP contribution in [0, 0.1) is 0 Å². The Morgan fingerprint density at radius 2 is 1.23 bits per heavy atom. The van der Waals surface area contributed by atoms with Crippen molar-refractivity contribution in [2.45, 2.75) is 58.3 Å². The molecule has 0 radical (unpaired) electrons. The van der Waals surface area contributed by atoms with E-state index in [4.69, 9.17) is 17.5 Å². The molecule has 0 spiro atoms. The zero-order chi connectivity index (χ0) is 15.3. The SMILES string of the molecule is CCCCCCCCCc1ccccc1.O=S(=O)([O-])[O-].[Na+].[Na+]. The van der Waals surface area contributed by atoms with Crippen molar-refractivity contribution in [3.8, 4) is 0 Å². The molecule has 7 heteroatoms. The summed E-state index contributed by atoms with van der Waals surface area (Å²) >= 11 is 0. The van der Waals surface area contributed by atoms with Crippen LogP contribution in [-0.4, -0.2) is 17.5 Å². The molecule has 0 aromatic heterocycles. The van der Waals surface area contributed by atoms with Gasteiger partial charge < -0.3 is 9.11 Å². The summed E-state index contributed by atoms with van der Waals surface area (Å²) in [6, 6.07) is 10.8. The normalized spacial score (nSPS) is 9.77. The van der Waals surface area contributed by atoms with Crippen LogP contribution < -0.4 is 59.1 Å². The Kier molecular flexibility index (Phi) is 23.4. The molecule has 0 N–H and O–H groups in total. The summed E-state index contributed by atoms with van der Waals surface area (Å²) in [7, 11) is -5.17. The van der Waals surface area contributed by atoms with Crippen LogP contribution in [0.4, 0.5) is 0 Å². The molecule has 0 saturated carbocycles. The van der Waals surface area contributed by atoms with Crippen molar-refractivity contribution in [2.75, 3.05) is 0 Å². The van der Waals surface area contributed by atoms with Crippen LogP contribution in [0.5, 0.6) is 0 Å². The summed E-state index contributed by atoms with van der Waals surface area (Å²) < 4.78 is 34.1. The van der Waals surface area contributed by atoms with Gasteiger partial charge in [0.2, 0.25) is 0 Å². The molecule has 0 bridgehead atoms. The van der Waals surface area contributed by atoms with Crippen LogP contribution in [0.3, 0.4) is 0 Å². The topological polar surface area (TPSA) is 80.3 Å². The van der Waals surface area contributed by atoms with Crippen molar-refractivity contribution < 1.29 is 76.6 Å². The molecular formula is C15H24Na2O4S. The summed E-state index contributed by atoms with van der Waals surface area (Å²) in [6.45, 7) is 2.27.